The molecule has 1 aromatic heterocycles. The summed E-state index contributed by atoms with van der Waals surface area (Å²) in [6, 6.07) is 7.47. The third-order valence-electron chi connectivity index (χ3n) is 3.09. The number of rotatable bonds is 1. The van der Waals surface area contributed by atoms with Crippen molar-refractivity contribution in [3.63, 3.8) is 0 Å². The van der Waals surface area contributed by atoms with E-state index >= 15 is 0 Å². The molecule has 0 fully saturated rings. The summed E-state index contributed by atoms with van der Waals surface area (Å²) in [7, 11) is 0. The summed E-state index contributed by atoms with van der Waals surface area (Å²) in [4.78, 5) is 1.08. The van der Waals surface area contributed by atoms with Gasteiger partial charge in [0.1, 0.15) is 16.2 Å². The van der Waals surface area contributed by atoms with Gasteiger partial charge in [0.05, 0.1) is 0 Å². The van der Waals surface area contributed by atoms with Crippen molar-refractivity contribution in [2.75, 3.05) is 0 Å². The summed E-state index contributed by atoms with van der Waals surface area (Å²) in [5, 5.41) is 0.679. The summed E-state index contributed by atoms with van der Waals surface area (Å²) in [5.41, 5.74) is 7.17. The van der Waals surface area contributed by atoms with E-state index in [2.05, 4.69) is 15.9 Å². The van der Waals surface area contributed by atoms with E-state index in [4.69, 9.17) is 33.7 Å². The van der Waals surface area contributed by atoms with Crippen molar-refractivity contribution in [2.45, 2.75) is 18.6 Å². The Bertz CT molecular complexity index is 612. The highest BCUT2D eigenvalue weighted by Gasteiger charge is 2.28. The van der Waals surface area contributed by atoms with Gasteiger partial charge in [0.2, 0.25) is 0 Å². The summed E-state index contributed by atoms with van der Waals surface area (Å²) >= 11 is 17.0. The molecule has 0 spiro atoms. The maximum absolute atomic E-state index is 6.21. The highest BCUT2D eigenvalue weighted by atomic mass is 79.9. The second-order valence-electron chi connectivity index (χ2n) is 4.40. The summed E-state index contributed by atoms with van der Waals surface area (Å²) in [5.74, 6) is 0.800. The Morgan fingerprint density at radius 3 is 2.79 bits per heavy atom. The van der Waals surface area contributed by atoms with Crippen molar-refractivity contribution in [3.8, 4) is 5.75 Å². The Morgan fingerprint density at radius 1 is 1.32 bits per heavy atom. The Hall–Kier alpha value is -0.260. The number of benzene rings is 1. The van der Waals surface area contributed by atoms with Crippen LogP contribution in [0, 0.1) is 0 Å². The van der Waals surface area contributed by atoms with E-state index in [1.54, 1.807) is 0 Å². The van der Waals surface area contributed by atoms with Crippen molar-refractivity contribution in [1.29, 1.82) is 0 Å². The zero-order valence-electron chi connectivity index (χ0n) is 9.70. The van der Waals surface area contributed by atoms with Gasteiger partial charge in [-0.15, -0.1) is 11.3 Å². The van der Waals surface area contributed by atoms with Crippen LogP contribution in [0.2, 0.25) is 9.36 Å². The maximum atomic E-state index is 6.21. The minimum Gasteiger partial charge on any atom is -0.484 e. The van der Waals surface area contributed by atoms with E-state index in [9.17, 15) is 0 Å². The molecule has 1 aromatic carbocycles. The van der Waals surface area contributed by atoms with Gasteiger partial charge in [0.25, 0.3) is 0 Å². The average molecular weight is 379 g/mol. The molecule has 1 aliphatic heterocycles. The van der Waals surface area contributed by atoms with Crippen molar-refractivity contribution >= 4 is 50.5 Å². The first-order valence-corrected chi connectivity index (χ1v) is 8.07. The quantitative estimate of drug-likeness (QED) is 0.726. The Labute approximate surface area is 133 Å². The SMILES string of the molecule is N[C@@H]1CC(c2cc(Br)c(Cl)s2)Oc2ccc(Cl)cc21. The van der Waals surface area contributed by atoms with E-state index in [0.29, 0.717) is 5.02 Å². The molecule has 2 N–H and O–H groups in total. The highest BCUT2D eigenvalue weighted by molar-refractivity contribution is 9.10. The molecule has 1 unspecified atom stereocenters. The second-order valence-corrected chi connectivity index (χ2v) is 7.38. The molecule has 0 saturated heterocycles. The molecule has 0 radical (unpaired) electrons. The first-order chi connectivity index (χ1) is 9.04. The molecular weight excluding hydrogens is 369 g/mol. The molecule has 2 nitrogen and oxygen atoms in total. The van der Waals surface area contributed by atoms with Gasteiger partial charge in [0.15, 0.2) is 0 Å². The molecule has 100 valence electrons. The van der Waals surface area contributed by atoms with Gasteiger partial charge in [-0.2, -0.15) is 0 Å². The van der Waals surface area contributed by atoms with E-state index in [1.165, 1.54) is 11.3 Å². The topological polar surface area (TPSA) is 35.2 Å². The lowest BCUT2D eigenvalue weighted by atomic mass is 9.96. The normalized spacial score (nSPS) is 21.9. The van der Waals surface area contributed by atoms with Crippen LogP contribution < -0.4 is 10.5 Å². The third-order valence-corrected chi connectivity index (χ3v) is 5.89. The number of ether oxygens (including phenoxy) is 1. The van der Waals surface area contributed by atoms with Gasteiger partial charge in [-0.1, -0.05) is 23.2 Å². The minimum atomic E-state index is -0.0768. The van der Waals surface area contributed by atoms with Gasteiger partial charge < -0.3 is 10.5 Å². The van der Waals surface area contributed by atoms with Gasteiger partial charge >= 0.3 is 0 Å². The summed E-state index contributed by atoms with van der Waals surface area (Å²) < 4.78 is 7.63. The number of hydrogen-bond donors (Lipinski definition) is 1. The Morgan fingerprint density at radius 2 is 2.11 bits per heavy atom. The lowest BCUT2D eigenvalue weighted by Gasteiger charge is -2.29. The first kappa shape index (κ1) is 13.7. The Balaban J connectivity index is 1.94. The summed E-state index contributed by atoms with van der Waals surface area (Å²) in [6.07, 6.45) is 0.661. The third kappa shape index (κ3) is 2.65. The van der Waals surface area contributed by atoms with E-state index in [-0.39, 0.29) is 12.1 Å². The number of halogens is 3. The number of hydrogen-bond acceptors (Lipinski definition) is 3. The fourth-order valence-corrected chi connectivity index (χ4v) is 4.13. The van der Waals surface area contributed by atoms with Crippen molar-refractivity contribution in [1.82, 2.24) is 0 Å². The summed E-state index contributed by atoms with van der Waals surface area (Å²) in [6.45, 7) is 0. The van der Waals surface area contributed by atoms with Crippen LogP contribution in [0.4, 0.5) is 0 Å². The van der Waals surface area contributed by atoms with Crippen molar-refractivity contribution in [3.05, 3.63) is 48.5 Å². The number of nitrogens with two attached hydrogens (primary N) is 1. The predicted molar refractivity (Wildman–Crippen MR) is 83.4 cm³/mol. The van der Waals surface area contributed by atoms with Crippen LogP contribution >= 0.6 is 50.5 Å². The molecule has 0 bridgehead atoms. The van der Waals surface area contributed by atoms with E-state index in [1.807, 2.05) is 24.3 Å². The molecule has 0 saturated carbocycles. The molecule has 2 heterocycles. The maximum Gasteiger partial charge on any atom is 0.135 e. The smallest absolute Gasteiger partial charge is 0.135 e. The molecule has 19 heavy (non-hydrogen) atoms. The molecule has 6 heteroatoms. The van der Waals surface area contributed by atoms with Gasteiger partial charge in [0, 0.05) is 32.4 Å². The van der Waals surface area contributed by atoms with E-state index in [0.717, 1.165) is 31.4 Å². The fraction of sp³-hybridized carbons (Fsp3) is 0.231. The largest absolute Gasteiger partial charge is 0.484 e. The van der Waals surface area contributed by atoms with Crippen LogP contribution in [-0.4, -0.2) is 0 Å². The fourth-order valence-electron chi connectivity index (χ4n) is 2.17. The molecule has 3 rings (SSSR count). The molecular formula is C13H10BrCl2NOS. The average Bonchev–Trinajstić information content (AvgIpc) is 2.70. The molecule has 2 aromatic rings. The lowest BCUT2D eigenvalue weighted by molar-refractivity contribution is 0.165. The van der Waals surface area contributed by atoms with E-state index < -0.39 is 0 Å². The van der Waals surface area contributed by atoms with Crippen LogP contribution in [0.15, 0.2) is 28.7 Å². The van der Waals surface area contributed by atoms with Crippen molar-refractivity contribution < 1.29 is 4.74 Å². The van der Waals surface area contributed by atoms with Gasteiger partial charge in [-0.25, -0.2) is 0 Å². The molecule has 1 aliphatic rings. The predicted octanol–water partition coefficient (Wildman–Crippen LogP) is 5.34. The zero-order chi connectivity index (χ0) is 13.6. The number of thiophene rings is 1. The second kappa shape index (κ2) is 5.26. The van der Waals surface area contributed by atoms with Crippen LogP contribution in [0.5, 0.6) is 5.75 Å². The number of fused-ring (bicyclic) bond motifs is 1. The lowest BCUT2D eigenvalue weighted by Crippen LogP contribution is -2.23. The molecule has 2 atom stereocenters. The van der Waals surface area contributed by atoms with Crippen LogP contribution in [0.25, 0.3) is 0 Å². The van der Waals surface area contributed by atoms with Crippen LogP contribution in [0.3, 0.4) is 0 Å². The molecule has 0 aliphatic carbocycles. The van der Waals surface area contributed by atoms with Crippen LogP contribution in [-0.2, 0) is 0 Å². The van der Waals surface area contributed by atoms with Gasteiger partial charge in [-0.05, 0) is 40.2 Å². The minimum absolute atomic E-state index is 0.0579. The molecule has 0 amide bonds. The van der Waals surface area contributed by atoms with Crippen LogP contribution in [0.1, 0.15) is 29.0 Å². The first-order valence-electron chi connectivity index (χ1n) is 5.71. The highest BCUT2D eigenvalue weighted by Crippen LogP contribution is 2.44. The monoisotopic (exact) mass is 377 g/mol. The zero-order valence-corrected chi connectivity index (χ0v) is 13.6. The van der Waals surface area contributed by atoms with Gasteiger partial charge in [-0.3, -0.25) is 0 Å². The Kier molecular flexibility index (Phi) is 3.80. The standard InChI is InChI=1S/C13H10BrCl2NOS/c14-8-4-12(19-13(8)16)11-5-9(17)7-3-6(15)1-2-10(7)18-11/h1-4,9,11H,5,17H2/t9-,11?/m1/s1. The van der Waals surface area contributed by atoms with Crippen molar-refractivity contribution in [2.24, 2.45) is 5.73 Å².